The standard InChI is InChI=1S/C46H88O6/c1-4-7-10-13-16-19-22-23-24-25-28-30-33-36-39-45(48)51-42-43(52-46(49)40-37-34-31-27-21-18-15-12-9-6-3)41-50-44(47)38-35-32-29-26-20-17-14-11-8-5-2/h43H,4-42H2,1-3H3. The third kappa shape index (κ3) is 39.6. The molecule has 0 fully saturated rings. The maximum absolute atomic E-state index is 12.7. The van der Waals surface area contributed by atoms with Gasteiger partial charge in [0, 0.05) is 19.3 Å². The predicted octanol–water partition coefficient (Wildman–Crippen LogP) is 14.5. The molecule has 0 aromatic heterocycles. The molecule has 1 atom stereocenters. The Hall–Kier alpha value is -1.59. The summed E-state index contributed by atoms with van der Waals surface area (Å²) in [4.78, 5) is 37.6. The van der Waals surface area contributed by atoms with Gasteiger partial charge in [0.05, 0.1) is 0 Å². The summed E-state index contributed by atoms with van der Waals surface area (Å²) in [7, 11) is 0. The minimum Gasteiger partial charge on any atom is -0.462 e. The van der Waals surface area contributed by atoms with Crippen molar-refractivity contribution < 1.29 is 28.6 Å². The predicted molar refractivity (Wildman–Crippen MR) is 220 cm³/mol. The Morgan fingerprint density at radius 3 is 0.769 bits per heavy atom. The molecule has 6 nitrogen and oxygen atoms in total. The Labute approximate surface area is 323 Å². The van der Waals surface area contributed by atoms with E-state index in [4.69, 9.17) is 14.2 Å². The highest BCUT2D eigenvalue weighted by molar-refractivity contribution is 5.71. The first kappa shape index (κ1) is 50.4. The van der Waals surface area contributed by atoms with Crippen LogP contribution in [0.25, 0.3) is 0 Å². The molecule has 6 heteroatoms. The van der Waals surface area contributed by atoms with Crippen LogP contribution in [-0.2, 0) is 28.6 Å². The van der Waals surface area contributed by atoms with E-state index >= 15 is 0 Å². The van der Waals surface area contributed by atoms with Gasteiger partial charge >= 0.3 is 17.9 Å². The lowest BCUT2D eigenvalue weighted by atomic mass is 10.0. The van der Waals surface area contributed by atoms with Crippen LogP contribution in [-0.4, -0.2) is 37.2 Å². The van der Waals surface area contributed by atoms with E-state index in [0.717, 1.165) is 57.8 Å². The van der Waals surface area contributed by atoms with Gasteiger partial charge in [-0.05, 0) is 19.3 Å². The smallest absolute Gasteiger partial charge is 0.306 e. The summed E-state index contributed by atoms with van der Waals surface area (Å²) in [6.45, 7) is 6.63. The number of esters is 3. The van der Waals surface area contributed by atoms with Gasteiger partial charge in [0.15, 0.2) is 6.10 Å². The molecule has 1 unspecified atom stereocenters. The van der Waals surface area contributed by atoms with Gasteiger partial charge in [0.1, 0.15) is 13.2 Å². The van der Waals surface area contributed by atoms with Gasteiger partial charge in [-0.2, -0.15) is 0 Å². The Balaban J connectivity index is 4.29. The zero-order chi connectivity index (χ0) is 38.0. The summed E-state index contributed by atoms with van der Waals surface area (Å²) >= 11 is 0. The summed E-state index contributed by atoms with van der Waals surface area (Å²) in [6.07, 6.45) is 42.2. The summed E-state index contributed by atoms with van der Waals surface area (Å²) in [5.41, 5.74) is 0. The maximum Gasteiger partial charge on any atom is 0.306 e. The van der Waals surface area contributed by atoms with E-state index in [2.05, 4.69) is 20.8 Å². The second-order valence-corrected chi connectivity index (χ2v) is 15.7. The van der Waals surface area contributed by atoms with Gasteiger partial charge in [-0.15, -0.1) is 0 Å². The fraction of sp³-hybridized carbons (Fsp3) is 0.935. The normalized spacial score (nSPS) is 11.8. The molecule has 0 saturated heterocycles. The molecule has 0 aliphatic heterocycles. The molecule has 0 amide bonds. The average Bonchev–Trinajstić information content (AvgIpc) is 3.14. The van der Waals surface area contributed by atoms with Gasteiger partial charge < -0.3 is 14.2 Å². The fourth-order valence-electron chi connectivity index (χ4n) is 6.85. The number of rotatable bonds is 42. The van der Waals surface area contributed by atoms with Crippen LogP contribution in [0, 0.1) is 0 Å². The molecule has 0 N–H and O–H groups in total. The van der Waals surface area contributed by atoms with E-state index in [-0.39, 0.29) is 31.1 Å². The van der Waals surface area contributed by atoms with Crippen molar-refractivity contribution >= 4 is 17.9 Å². The molecule has 0 saturated carbocycles. The first-order valence-corrected chi connectivity index (χ1v) is 23.0. The number of hydrogen-bond donors (Lipinski definition) is 0. The molecule has 0 aliphatic rings. The molecular formula is C46H88O6. The first-order valence-electron chi connectivity index (χ1n) is 23.0. The van der Waals surface area contributed by atoms with E-state index in [1.54, 1.807) is 0 Å². The maximum atomic E-state index is 12.7. The Morgan fingerprint density at radius 2 is 0.519 bits per heavy atom. The van der Waals surface area contributed by atoms with E-state index in [9.17, 15) is 14.4 Å². The van der Waals surface area contributed by atoms with E-state index in [1.165, 1.54) is 161 Å². The minimum atomic E-state index is -0.757. The van der Waals surface area contributed by atoms with Crippen molar-refractivity contribution in [2.45, 2.75) is 264 Å². The number of carbonyl (C=O) groups excluding carboxylic acids is 3. The molecule has 0 spiro atoms. The molecule has 0 heterocycles. The number of unbranched alkanes of at least 4 members (excludes halogenated alkanes) is 31. The van der Waals surface area contributed by atoms with Crippen molar-refractivity contribution in [2.24, 2.45) is 0 Å². The lowest BCUT2D eigenvalue weighted by Gasteiger charge is -2.18. The Bertz CT molecular complexity index is 768. The molecule has 0 rings (SSSR count). The molecule has 0 radical (unpaired) electrons. The van der Waals surface area contributed by atoms with Gasteiger partial charge in [0.25, 0.3) is 0 Å². The van der Waals surface area contributed by atoms with Crippen LogP contribution in [0.1, 0.15) is 258 Å². The van der Waals surface area contributed by atoms with Crippen LogP contribution in [0.5, 0.6) is 0 Å². The van der Waals surface area contributed by atoms with Crippen LogP contribution in [0.4, 0.5) is 0 Å². The van der Waals surface area contributed by atoms with Crippen LogP contribution in [0.15, 0.2) is 0 Å². The summed E-state index contributed by atoms with van der Waals surface area (Å²) in [5, 5.41) is 0. The van der Waals surface area contributed by atoms with Crippen LogP contribution >= 0.6 is 0 Å². The highest BCUT2D eigenvalue weighted by Crippen LogP contribution is 2.16. The van der Waals surface area contributed by atoms with Crippen molar-refractivity contribution in [3.8, 4) is 0 Å². The number of hydrogen-bond acceptors (Lipinski definition) is 6. The molecule has 308 valence electrons. The van der Waals surface area contributed by atoms with E-state index in [0.29, 0.717) is 19.3 Å². The molecule has 0 aromatic rings. The number of carbonyl (C=O) groups is 3. The second kappa shape index (κ2) is 42.2. The fourth-order valence-corrected chi connectivity index (χ4v) is 6.85. The molecular weight excluding hydrogens is 648 g/mol. The van der Waals surface area contributed by atoms with Crippen molar-refractivity contribution in [1.82, 2.24) is 0 Å². The van der Waals surface area contributed by atoms with E-state index < -0.39 is 6.10 Å². The monoisotopic (exact) mass is 737 g/mol. The minimum absolute atomic E-state index is 0.0628. The third-order valence-electron chi connectivity index (χ3n) is 10.4. The summed E-state index contributed by atoms with van der Waals surface area (Å²) in [5.74, 6) is -0.853. The van der Waals surface area contributed by atoms with Crippen molar-refractivity contribution in [3.63, 3.8) is 0 Å². The molecule has 0 bridgehead atoms. The Morgan fingerprint density at radius 1 is 0.308 bits per heavy atom. The van der Waals surface area contributed by atoms with Crippen LogP contribution < -0.4 is 0 Å². The van der Waals surface area contributed by atoms with Crippen LogP contribution in [0.2, 0.25) is 0 Å². The Kier molecular flexibility index (Phi) is 40.9. The summed E-state index contributed by atoms with van der Waals surface area (Å²) in [6, 6.07) is 0. The molecule has 0 aromatic carbocycles. The zero-order valence-electron chi connectivity index (χ0n) is 35.1. The SMILES string of the molecule is CCCCCCCCCCCCCCCCC(=O)OCC(COC(=O)CCCCCCCCCCCC)OC(=O)CCCCCCCCCCCC. The lowest BCUT2D eigenvalue weighted by Crippen LogP contribution is -2.30. The van der Waals surface area contributed by atoms with Crippen molar-refractivity contribution in [1.29, 1.82) is 0 Å². The topological polar surface area (TPSA) is 78.9 Å². The van der Waals surface area contributed by atoms with Crippen LogP contribution in [0.3, 0.4) is 0 Å². The highest BCUT2D eigenvalue weighted by atomic mass is 16.6. The van der Waals surface area contributed by atoms with Crippen molar-refractivity contribution in [2.75, 3.05) is 13.2 Å². The average molecular weight is 737 g/mol. The molecule has 52 heavy (non-hydrogen) atoms. The highest BCUT2D eigenvalue weighted by Gasteiger charge is 2.19. The van der Waals surface area contributed by atoms with Crippen molar-refractivity contribution in [3.05, 3.63) is 0 Å². The second-order valence-electron chi connectivity index (χ2n) is 15.7. The quantitative estimate of drug-likeness (QED) is 0.0353. The largest absolute Gasteiger partial charge is 0.462 e. The first-order chi connectivity index (χ1) is 25.5. The van der Waals surface area contributed by atoms with E-state index in [1.807, 2.05) is 0 Å². The lowest BCUT2D eigenvalue weighted by molar-refractivity contribution is -0.167. The third-order valence-corrected chi connectivity index (χ3v) is 10.4. The number of ether oxygens (including phenoxy) is 3. The van der Waals surface area contributed by atoms with Gasteiger partial charge in [-0.1, -0.05) is 220 Å². The summed E-state index contributed by atoms with van der Waals surface area (Å²) < 4.78 is 16.7. The van der Waals surface area contributed by atoms with Gasteiger partial charge in [-0.3, -0.25) is 14.4 Å². The zero-order valence-corrected chi connectivity index (χ0v) is 35.1. The van der Waals surface area contributed by atoms with Gasteiger partial charge in [-0.25, -0.2) is 0 Å². The molecule has 0 aliphatic carbocycles. The van der Waals surface area contributed by atoms with Gasteiger partial charge in [0.2, 0.25) is 0 Å².